The zero-order valence-corrected chi connectivity index (χ0v) is 10.2. The van der Waals surface area contributed by atoms with E-state index in [0.717, 1.165) is 0 Å². The molecule has 5 unspecified atom stereocenters. The van der Waals surface area contributed by atoms with E-state index >= 15 is 0 Å². The molecule has 0 spiro atoms. The first-order chi connectivity index (χ1) is 5.57. The average Bonchev–Trinajstić information content (AvgIpc) is 2.08. The molecule has 5 atom stereocenters. The smallest absolute Gasteiger partial charge is 0.111 e. The minimum Gasteiger partial charge on any atom is -0.394 e. The summed E-state index contributed by atoms with van der Waals surface area (Å²) in [5.41, 5.74) is 0. The second kappa shape index (κ2) is 5.70. The summed E-state index contributed by atoms with van der Waals surface area (Å²) in [6.07, 6.45) is -4.94. The number of rotatable bonds is 1. The van der Waals surface area contributed by atoms with Crippen molar-refractivity contribution in [2.24, 2.45) is 0 Å². The number of hydrogen-bond acceptors (Lipinski definition) is 5. The van der Waals surface area contributed by atoms with Gasteiger partial charge in [0, 0.05) is 32.7 Å². The Morgan fingerprint density at radius 2 is 1.62 bits per heavy atom. The Morgan fingerprint density at radius 3 is 2.08 bits per heavy atom. The standard InChI is InChI=1S/C7H14O5.Y/c1-3-5(9)7(11)6(10)4(2-8)12-3;/h3-11H,2H2,1H3;. The van der Waals surface area contributed by atoms with Crippen LogP contribution >= 0.6 is 0 Å². The maximum atomic E-state index is 9.23. The molecular formula is C7H14O5Y. The third-order valence-corrected chi connectivity index (χ3v) is 2.13. The molecule has 0 amide bonds. The Hall–Kier alpha value is 0.904. The van der Waals surface area contributed by atoms with E-state index in [2.05, 4.69) is 0 Å². The van der Waals surface area contributed by atoms with Crippen molar-refractivity contribution in [2.75, 3.05) is 6.61 Å². The average molecular weight is 267 g/mol. The minimum absolute atomic E-state index is 0. The van der Waals surface area contributed by atoms with Crippen molar-refractivity contribution in [2.45, 2.75) is 37.4 Å². The second-order valence-corrected chi connectivity index (χ2v) is 3.03. The van der Waals surface area contributed by atoms with Crippen molar-refractivity contribution in [3.05, 3.63) is 0 Å². The summed E-state index contributed by atoms with van der Waals surface area (Å²) < 4.78 is 5.02. The summed E-state index contributed by atoms with van der Waals surface area (Å²) in [6.45, 7) is 1.21. The van der Waals surface area contributed by atoms with Gasteiger partial charge < -0.3 is 25.2 Å². The van der Waals surface area contributed by atoms with Crippen molar-refractivity contribution in [1.29, 1.82) is 0 Å². The predicted molar refractivity (Wildman–Crippen MR) is 39.4 cm³/mol. The predicted octanol–water partition coefficient (Wildman–Crippen LogP) is -2.15. The van der Waals surface area contributed by atoms with Gasteiger partial charge in [0.2, 0.25) is 0 Å². The fourth-order valence-corrected chi connectivity index (χ4v) is 1.29. The van der Waals surface area contributed by atoms with E-state index in [1.807, 2.05) is 0 Å². The molecule has 6 heteroatoms. The second-order valence-electron chi connectivity index (χ2n) is 3.03. The first-order valence-corrected chi connectivity index (χ1v) is 3.88. The van der Waals surface area contributed by atoms with Crippen LogP contribution in [0.3, 0.4) is 0 Å². The summed E-state index contributed by atoms with van der Waals surface area (Å²) in [5.74, 6) is 0. The molecule has 1 fully saturated rings. The molecule has 1 heterocycles. The van der Waals surface area contributed by atoms with Gasteiger partial charge in [-0.1, -0.05) is 0 Å². The summed E-state index contributed by atoms with van der Waals surface area (Å²) in [5, 5.41) is 36.4. The van der Waals surface area contributed by atoms with E-state index in [4.69, 9.17) is 9.84 Å². The van der Waals surface area contributed by atoms with Crippen molar-refractivity contribution in [3.8, 4) is 0 Å². The first kappa shape index (κ1) is 13.9. The molecule has 0 bridgehead atoms. The van der Waals surface area contributed by atoms with Crippen LogP contribution in [0.15, 0.2) is 0 Å². The number of hydrogen-bond donors (Lipinski definition) is 4. The van der Waals surface area contributed by atoms with Gasteiger partial charge >= 0.3 is 0 Å². The molecule has 1 aliphatic rings. The summed E-state index contributed by atoms with van der Waals surface area (Å²) in [4.78, 5) is 0. The maximum absolute atomic E-state index is 9.23. The number of aliphatic hydroxyl groups is 4. The third kappa shape index (κ3) is 2.92. The molecule has 1 rings (SSSR count). The van der Waals surface area contributed by atoms with Gasteiger partial charge in [-0.05, 0) is 6.92 Å². The molecule has 0 aromatic carbocycles. The van der Waals surface area contributed by atoms with Gasteiger partial charge in [-0.25, -0.2) is 0 Å². The molecule has 0 aromatic heterocycles. The Labute approximate surface area is 102 Å². The zero-order valence-electron chi connectivity index (χ0n) is 7.37. The topological polar surface area (TPSA) is 90.2 Å². The van der Waals surface area contributed by atoms with Crippen LogP contribution in [0, 0.1) is 0 Å². The van der Waals surface area contributed by atoms with Crippen LogP contribution in [-0.4, -0.2) is 57.6 Å². The maximum Gasteiger partial charge on any atom is 0.111 e. The fraction of sp³-hybridized carbons (Fsp3) is 1.00. The van der Waals surface area contributed by atoms with Crippen LogP contribution in [0.1, 0.15) is 6.92 Å². The van der Waals surface area contributed by atoms with Crippen molar-refractivity contribution >= 4 is 0 Å². The van der Waals surface area contributed by atoms with Crippen LogP contribution in [0.4, 0.5) is 0 Å². The molecule has 1 radical (unpaired) electrons. The van der Waals surface area contributed by atoms with E-state index in [1.54, 1.807) is 6.92 Å². The molecule has 0 aliphatic carbocycles. The minimum atomic E-state index is -1.24. The third-order valence-electron chi connectivity index (χ3n) is 2.13. The van der Waals surface area contributed by atoms with Gasteiger partial charge in [-0.15, -0.1) is 0 Å². The summed E-state index contributed by atoms with van der Waals surface area (Å²) in [6, 6.07) is 0. The summed E-state index contributed by atoms with van der Waals surface area (Å²) in [7, 11) is 0. The molecule has 13 heavy (non-hydrogen) atoms. The molecule has 1 aliphatic heterocycles. The van der Waals surface area contributed by atoms with E-state index in [9.17, 15) is 15.3 Å². The Balaban J connectivity index is 0.00000144. The van der Waals surface area contributed by atoms with Crippen molar-refractivity contribution in [3.63, 3.8) is 0 Å². The van der Waals surface area contributed by atoms with E-state index in [1.165, 1.54) is 0 Å². The van der Waals surface area contributed by atoms with Gasteiger partial charge in [-0.2, -0.15) is 0 Å². The fourth-order valence-electron chi connectivity index (χ4n) is 1.29. The van der Waals surface area contributed by atoms with Crippen LogP contribution in [0.25, 0.3) is 0 Å². The molecule has 0 aromatic rings. The first-order valence-electron chi connectivity index (χ1n) is 3.88. The molecular weight excluding hydrogens is 253 g/mol. The van der Waals surface area contributed by atoms with Gasteiger partial charge in [0.25, 0.3) is 0 Å². The van der Waals surface area contributed by atoms with Crippen LogP contribution in [-0.2, 0) is 37.4 Å². The van der Waals surface area contributed by atoms with E-state index < -0.39 is 30.5 Å². The molecule has 75 valence electrons. The monoisotopic (exact) mass is 267 g/mol. The van der Waals surface area contributed by atoms with Gasteiger partial charge in [0.05, 0.1) is 12.7 Å². The number of aliphatic hydroxyl groups excluding tert-OH is 4. The Bertz CT molecular complexity index is 151. The Morgan fingerprint density at radius 1 is 1.08 bits per heavy atom. The quantitative estimate of drug-likeness (QED) is 0.435. The normalized spacial score (nSPS) is 45.5. The Kier molecular flexibility index (Phi) is 6.10. The molecule has 0 saturated carbocycles. The van der Waals surface area contributed by atoms with Crippen LogP contribution in [0.2, 0.25) is 0 Å². The van der Waals surface area contributed by atoms with E-state index in [0.29, 0.717) is 0 Å². The van der Waals surface area contributed by atoms with Crippen molar-refractivity contribution in [1.82, 2.24) is 0 Å². The van der Waals surface area contributed by atoms with Crippen molar-refractivity contribution < 1.29 is 57.9 Å². The molecule has 5 nitrogen and oxygen atoms in total. The van der Waals surface area contributed by atoms with Gasteiger partial charge in [-0.3, -0.25) is 0 Å². The molecule has 1 saturated heterocycles. The SMILES string of the molecule is CC1OC(CO)C(O)C(O)C1O.[Y]. The van der Waals surface area contributed by atoms with Crippen LogP contribution < -0.4 is 0 Å². The van der Waals surface area contributed by atoms with Crippen LogP contribution in [0.5, 0.6) is 0 Å². The molecule has 4 N–H and O–H groups in total. The largest absolute Gasteiger partial charge is 0.394 e. The van der Waals surface area contributed by atoms with E-state index in [-0.39, 0.29) is 39.3 Å². The zero-order chi connectivity index (χ0) is 9.30. The van der Waals surface area contributed by atoms with Gasteiger partial charge in [0.15, 0.2) is 0 Å². The van der Waals surface area contributed by atoms with Gasteiger partial charge in [0.1, 0.15) is 24.4 Å². The number of ether oxygens (including phenoxy) is 1. The summed E-state index contributed by atoms with van der Waals surface area (Å²) >= 11 is 0.